The van der Waals surface area contributed by atoms with Gasteiger partial charge in [0.2, 0.25) is 0 Å². The molecular formula is C13H16O4. The standard InChI is InChI=1S/C13H16O4/c1-4-8-7(3)6-10(12(14)15)9(5-2)11(8)13(16)17/h6H,4-5H2,1-3H3,(H,14,15)(H,16,17). The van der Waals surface area contributed by atoms with Crippen molar-refractivity contribution in [2.45, 2.75) is 33.6 Å². The van der Waals surface area contributed by atoms with Gasteiger partial charge in [-0.15, -0.1) is 0 Å². The highest BCUT2D eigenvalue weighted by Gasteiger charge is 2.22. The first-order valence-corrected chi connectivity index (χ1v) is 5.55. The highest BCUT2D eigenvalue weighted by Crippen LogP contribution is 2.24. The van der Waals surface area contributed by atoms with Crippen LogP contribution in [-0.4, -0.2) is 22.2 Å². The summed E-state index contributed by atoms with van der Waals surface area (Å²) in [6, 6.07) is 1.56. The van der Waals surface area contributed by atoms with Crippen molar-refractivity contribution in [3.05, 3.63) is 33.9 Å². The number of carboxylic acid groups (broad SMARTS) is 2. The number of aromatic carboxylic acids is 2. The Kier molecular flexibility index (Phi) is 3.89. The second-order valence-electron chi connectivity index (χ2n) is 3.89. The summed E-state index contributed by atoms with van der Waals surface area (Å²) in [5.41, 5.74) is 2.11. The van der Waals surface area contributed by atoms with Crippen molar-refractivity contribution in [1.29, 1.82) is 0 Å². The number of carboxylic acids is 2. The molecule has 0 saturated carbocycles. The average molecular weight is 236 g/mol. The Balaban J connectivity index is 3.71. The molecule has 2 N–H and O–H groups in total. The fourth-order valence-corrected chi connectivity index (χ4v) is 2.18. The molecule has 0 saturated heterocycles. The van der Waals surface area contributed by atoms with Gasteiger partial charge < -0.3 is 10.2 Å². The molecule has 0 fully saturated rings. The second kappa shape index (κ2) is 4.99. The molecule has 1 aromatic rings. The van der Waals surface area contributed by atoms with Crippen LogP contribution in [0, 0.1) is 6.92 Å². The van der Waals surface area contributed by atoms with Crippen molar-refractivity contribution in [3.63, 3.8) is 0 Å². The molecule has 0 spiro atoms. The van der Waals surface area contributed by atoms with Gasteiger partial charge in [-0.25, -0.2) is 9.59 Å². The van der Waals surface area contributed by atoms with E-state index in [1.54, 1.807) is 19.9 Å². The Labute approximate surface area is 99.9 Å². The zero-order chi connectivity index (χ0) is 13.2. The van der Waals surface area contributed by atoms with E-state index in [1.807, 2.05) is 6.92 Å². The third-order valence-electron chi connectivity index (χ3n) is 2.92. The van der Waals surface area contributed by atoms with Crippen LogP contribution in [0.2, 0.25) is 0 Å². The van der Waals surface area contributed by atoms with Gasteiger partial charge in [0.1, 0.15) is 0 Å². The van der Waals surface area contributed by atoms with Crippen LogP contribution in [0.15, 0.2) is 6.07 Å². The van der Waals surface area contributed by atoms with Crippen molar-refractivity contribution < 1.29 is 19.8 Å². The van der Waals surface area contributed by atoms with Gasteiger partial charge in [0.15, 0.2) is 0 Å². The van der Waals surface area contributed by atoms with Crippen LogP contribution in [0.1, 0.15) is 51.3 Å². The molecular weight excluding hydrogens is 220 g/mol. The highest BCUT2D eigenvalue weighted by molar-refractivity contribution is 5.98. The summed E-state index contributed by atoms with van der Waals surface area (Å²) in [5, 5.41) is 18.3. The summed E-state index contributed by atoms with van der Waals surface area (Å²) >= 11 is 0. The van der Waals surface area contributed by atoms with Crippen molar-refractivity contribution in [1.82, 2.24) is 0 Å². The van der Waals surface area contributed by atoms with Crippen LogP contribution < -0.4 is 0 Å². The van der Waals surface area contributed by atoms with Gasteiger partial charge in [-0.1, -0.05) is 13.8 Å². The largest absolute Gasteiger partial charge is 0.478 e. The van der Waals surface area contributed by atoms with Gasteiger partial charge in [-0.05, 0) is 42.5 Å². The normalized spacial score (nSPS) is 10.3. The lowest BCUT2D eigenvalue weighted by Gasteiger charge is -2.15. The summed E-state index contributed by atoms with van der Waals surface area (Å²) < 4.78 is 0. The minimum absolute atomic E-state index is 0.0969. The molecule has 92 valence electrons. The van der Waals surface area contributed by atoms with Gasteiger partial charge in [-0.2, -0.15) is 0 Å². The molecule has 0 atom stereocenters. The van der Waals surface area contributed by atoms with Crippen LogP contribution in [0.25, 0.3) is 0 Å². The Bertz CT molecular complexity index is 475. The first-order chi connectivity index (χ1) is 7.93. The fraction of sp³-hybridized carbons (Fsp3) is 0.385. The van der Waals surface area contributed by atoms with Crippen LogP contribution in [0.4, 0.5) is 0 Å². The first kappa shape index (κ1) is 13.2. The monoisotopic (exact) mass is 236 g/mol. The van der Waals surface area contributed by atoms with E-state index in [0.29, 0.717) is 18.4 Å². The summed E-state index contributed by atoms with van der Waals surface area (Å²) in [7, 11) is 0. The number of hydrogen-bond acceptors (Lipinski definition) is 2. The Morgan fingerprint density at radius 3 is 1.94 bits per heavy atom. The van der Waals surface area contributed by atoms with Crippen LogP contribution >= 0.6 is 0 Å². The molecule has 0 unspecified atom stereocenters. The van der Waals surface area contributed by atoms with E-state index in [9.17, 15) is 14.7 Å². The number of benzene rings is 1. The Hall–Kier alpha value is -1.84. The van der Waals surface area contributed by atoms with E-state index in [0.717, 1.165) is 11.1 Å². The predicted octanol–water partition coefficient (Wildman–Crippen LogP) is 2.52. The molecule has 1 aromatic carbocycles. The molecule has 0 aliphatic rings. The lowest BCUT2D eigenvalue weighted by Crippen LogP contribution is -2.14. The maximum Gasteiger partial charge on any atom is 0.336 e. The van der Waals surface area contributed by atoms with Gasteiger partial charge >= 0.3 is 11.9 Å². The van der Waals surface area contributed by atoms with Gasteiger partial charge in [-0.3, -0.25) is 0 Å². The minimum atomic E-state index is -1.07. The maximum absolute atomic E-state index is 11.3. The molecule has 4 heteroatoms. The summed E-state index contributed by atoms with van der Waals surface area (Å²) in [6.45, 7) is 5.38. The lowest BCUT2D eigenvalue weighted by molar-refractivity contribution is 0.0694. The quantitative estimate of drug-likeness (QED) is 0.842. The zero-order valence-corrected chi connectivity index (χ0v) is 10.2. The van der Waals surface area contributed by atoms with Crippen LogP contribution in [-0.2, 0) is 12.8 Å². The molecule has 1 rings (SSSR count). The Morgan fingerprint density at radius 2 is 1.59 bits per heavy atom. The second-order valence-corrected chi connectivity index (χ2v) is 3.89. The third kappa shape index (κ3) is 2.30. The van der Waals surface area contributed by atoms with E-state index < -0.39 is 11.9 Å². The highest BCUT2D eigenvalue weighted by atomic mass is 16.4. The first-order valence-electron chi connectivity index (χ1n) is 5.55. The number of carbonyl (C=O) groups is 2. The van der Waals surface area contributed by atoms with Crippen molar-refractivity contribution in [3.8, 4) is 0 Å². The molecule has 4 nitrogen and oxygen atoms in total. The van der Waals surface area contributed by atoms with Crippen LogP contribution in [0.5, 0.6) is 0 Å². The molecule has 0 bridgehead atoms. The van der Waals surface area contributed by atoms with Gasteiger partial charge in [0, 0.05) is 0 Å². The van der Waals surface area contributed by atoms with Crippen molar-refractivity contribution >= 4 is 11.9 Å². The van der Waals surface area contributed by atoms with Gasteiger partial charge in [0.25, 0.3) is 0 Å². The summed E-state index contributed by atoms with van der Waals surface area (Å²) in [6.07, 6.45) is 0.983. The Morgan fingerprint density at radius 1 is 1.06 bits per heavy atom. The molecule has 0 heterocycles. The number of rotatable bonds is 4. The summed E-state index contributed by atoms with van der Waals surface area (Å²) in [4.78, 5) is 22.4. The van der Waals surface area contributed by atoms with Crippen molar-refractivity contribution in [2.75, 3.05) is 0 Å². The molecule has 0 aliphatic carbocycles. The van der Waals surface area contributed by atoms with E-state index >= 15 is 0 Å². The summed E-state index contributed by atoms with van der Waals surface area (Å²) in [5.74, 6) is -2.12. The molecule has 17 heavy (non-hydrogen) atoms. The molecule has 0 amide bonds. The fourth-order valence-electron chi connectivity index (χ4n) is 2.18. The van der Waals surface area contributed by atoms with E-state index in [1.165, 1.54) is 0 Å². The maximum atomic E-state index is 11.3. The number of aryl methyl sites for hydroxylation is 1. The van der Waals surface area contributed by atoms with Crippen molar-refractivity contribution in [2.24, 2.45) is 0 Å². The lowest BCUT2D eigenvalue weighted by atomic mass is 9.89. The zero-order valence-electron chi connectivity index (χ0n) is 10.2. The molecule has 0 aliphatic heterocycles. The minimum Gasteiger partial charge on any atom is -0.478 e. The van der Waals surface area contributed by atoms with E-state index in [-0.39, 0.29) is 11.1 Å². The van der Waals surface area contributed by atoms with E-state index in [4.69, 9.17) is 5.11 Å². The molecule has 0 aromatic heterocycles. The van der Waals surface area contributed by atoms with Crippen LogP contribution in [0.3, 0.4) is 0 Å². The smallest absolute Gasteiger partial charge is 0.336 e. The molecule has 0 radical (unpaired) electrons. The topological polar surface area (TPSA) is 74.6 Å². The third-order valence-corrected chi connectivity index (χ3v) is 2.92. The average Bonchev–Trinajstić information content (AvgIpc) is 2.26. The number of hydrogen-bond donors (Lipinski definition) is 2. The predicted molar refractivity (Wildman–Crippen MR) is 63.9 cm³/mol. The van der Waals surface area contributed by atoms with Gasteiger partial charge in [0.05, 0.1) is 11.1 Å². The van der Waals surface area contributed by atoms with E-state index in [2.05, 4.69) is 0 Å². The SMILES string of the molecule is CCc1c(C)cc(C(=O)O)c(CC)c1C(=O)O.